The average molecular weight is 263 g/mol. The highest BCUT2D eigenvalue weighted by atomic mass is 16.5. The van der Waals surface area contributed by atoms with Crippen molar-refractivity contribution in [3.63, 3.8) is 0 Å². The molecule has 0 saturated carbocycles. The van der Waals surface area contributed by atoms with Gasteiger partial charge < -0.3 is 15.2 Å². The first-order valence-electron chi connectivity index (χ1n) is 6.82. The fraction of sp³-hybridized carbons (Fsp3) is 0.533. The van der Waals surface area contributed by atoms with E-state index in [1.165, 1.54) is 0 Å². The van der Waals surface area contributed by atoms with Gasteiger partial charge in [-0.2, -0.15) is 0 Å². The molecule has 0 aromatic heterocycles. The number of phenolic OH excluding ortho intramolecular Hbond substituents is 1. The Balaban J connectivity index is 1.74. The van der Waals surface area contributed by atoms with Crippen LogP contribution in [0.4, 0.5) is 0 Å². The topological polar surface area (TPSA) is 58.6 Å². The van der Waals surface area contributed by atoms with Crippen molar-refractivity contribution in [2.24, 2.45) is 5.92 Å². The van der Waals surface area contributed by atoms with Crippen LogP contribution >= 0.6 is 0 Å². The Morgan fingerprint density at radius 2 is 2.37 bits per heavy atom. The summed E-state index contributed by atoms with van der Waals surface area (Å²) < 4.78 is 5.31. The zero-order chi connectivity index (χ0) is 13.7. The molecule has 104 valence electrons. The number of hydrogen-bond donors (Lipinski definition) is 2. The first-order chi connectivity index (χ1) is 9.16. The molecule has 4 heteroatoms. The van der Waals surface area contributed by atoms with Crippen LogP contribution in [0.1, 0.15) is 35.2 Å². The van der Waals surface area contributed by atoms with E-state index in [-0.39, 0.29) is 11.7 Å². The van der Waals surface area contributed by atoms with Crippen LogP contribution in [0.2, 0.25) is 0 Å². The summed E-state index contributed by atoms with van der Waals surface area (Å²) in [6.07, 6.45) is 3.17. The lowest BCUT2D eigenvalue weighted by Gasteiger charge is -2.09. The molecule has 1 aliphatic heterocycles. The highest BCUT2D eigenvalue weighted by Crippen LogP contribution is 2.19. The predicted octanol–water partition coefficient (Wildman–Crippen LogP) is 2.25. The van der Waals surface area contributed by atoms with Crippen LogP contribution in [0.3, 0.4) is 0 Å². The maximum absolute atomic E-state index is 11.9. The molecule has 1 fully saturated rings. The zero-order valence-corrected chi connectivity index (χ0v) is 11.3. The minimum absolute atomic E-state index is 0.0432. The summed E-state index contributed by atoms with van der Waals surface area (Å²) in [7, 11) is 0. The standard InChI is InChI=1S/C15H21NO3/c1-11-4-5-13(14(17)9-11)15(18)16-7-2-3-12-6-8-19-10-12/h4-5,9,12,17H,2-3,6-8,10H2,1H3,(H,16,18). The average Bonchev–Trinajstić information content (AvgIpc) is 2.87. The largest absolute Gasteiger partial charge is 0.507 e. The molecule has 0 radical (unpaired) electrons. The Kier molecular flexibility index (Phi) is 4.80. The van der Waals surface area contributed by atoms with E-state index >= 15 is 0 Å². The van der Waals surface area contributed by atoms with Crippen LogP contribution in [-0.2, 0) is 4.74 Å². The molecule has 1 unspecified atom stereocenters. The van der Waals surface area contributed by atoms with Crippen molar-refractivity contribution in [3.8, 4) is 5.75 Å². The number of aryl methyl sites for hydroxylation is 1. The Labute approximate surface area is 113 Å². The quantitative estimate of drug-likeness (QED) is 0.801. The maximum Gasteiger partial charge on any atom is 0.255 e. The van der Waals surface area contributed by atoms with Crippen LogP contribution in [0.15, 0.2) is 18.2 Å². The third kappa shape index (κ3) is 3.96. The van der Waals surface area contributed by atoms with Crippen LogP contribution < -0.4 is 5.32 Å². The van der Waals surface area contributed by atoms with Gasteiger partial charge in [0.15, 0.2) is 0 Å². The number of aromatic hydroxyl groups is 1. The van der Waals surface area contributed by atoms with Gasteiger partial charge in [-0.1, -0.05) is 6.07 Å². The summed E-state index contributed by atoms with van der Waals surface area (Å²) in [5, 5.41) is 12.6. The lowest BCUT2D eigenvalue weighted by molar-refractivity contribution is 0.0949. The molecule has 0 spiro atoms. The molecule has 4 nitrogen and oxygen atoms in total. The van der Waals surface area contributed by atoms with Gasteiger partial charge in [-0.05, 0) is 49.8 Å². The lowest BCUT2D eigenvalue weighted by Crippen LogP contribution is -2.25. The summed E-state index contributed by atoms with van der Waals surface area (Å²) in [4.78, 5) is 11.9. The molecule has 1 aromatic rings. The van der Waals surface area contributed by atoms with E-state index in [2.05, 4.69) is 5.32 Å². The van der Waals surface area contributed by atoms with Gasteiger partial charge in [0, 0.05) is 19.8 Å². The summed E-state index contributed by atoms with van der Waals surface area (Å²) >= 11 is 0. The molecular formula is C15H21NO3. The molecule has 1 saturated heterocycles. The SMILES string of the molecule is Cc1ccc(C(=O)NCCCC2CCOC2)c(O)c1. The molecule has 19 heavy (non-hydrogen) atoms. The van der Waals surface area contributed by atoms with Gasteiger partial charge >= 0.3 is 0 Å². The Hall–Kier alpha value is -1.55. The fourth-order valence-corrected chi connectivity index (χ4v) is 2.33. The third-order valence-electron chi connectivity index (χ3n) is 3.50. The highest BCUT2D eigenvalue weighted by molar-refractivity contribution is 5.96. The van der Waals surface area contributed by atoms with Crippen molar-refractivity contribution in [1.82, 2.24) is 5.32 Å². The van der Waals surface area contributed by atoms with Gasteiger partial charge in [-0.15, -0.1) is 0 Å². The van der Waals surface area contributed by atoms with Gasteiger partial charge in [0.1, 0.15) is 5.75 Å². The fourth-order valence-electron chi connectivity index (χ4n) is 2.33. The number of amides is 1. The van der Waals surface area contributed by atoms with Gasteiger partial charge in [-0.3, -0.25) is 4.79 Å². The van der Waals surface area contributed by atoms with E-state index in [0.717, 1.165) is 38.0 Å². The maximum atomic E-state index is 11.9. The molecule has 1 aromatic carbocycles. The molecule has 2 N–H and O–H groups in total. The molecule has 0 aliphatic carbocycles. The van der Waals surface area contributed by atoms with Gasteiger partial charge in [0.05, 0.1) is 5.56 Å². The van der Waals surface area contributed by atoms with Crippen molar-refractivity contribution in [2.75, 3.05) is 19.8 Å². The minimum Gasteiger partial charge on any atom is -0.507 e. The van der Waals surface area contributed by atoms with E-state index in [1.54, 1.807) is 12.1 Å². The van der Waals surface area contributed by atoms with Crippen molar-refractivity contribution in [1.29, 1.82) is 0 Å². The van der Waals surface area contributed by atoms with E-state index in [4.69, 9.17) is 4.74 Å². The zero-order valence-electron chi connectivity index (χ0n) is 11.3. The molecule has 2 rings (SSSR count). The first-order valence-corrected chi connectivity index (χ1v) is 6.82. The summed E-state index contributed by atoms with van der Waals surface area (Å²) in [6.45, 7) is 4.24. The van der Waals surface area contributed by atoms with E-state index < -0.39 is 0 Å². The Morgan fingerprint density at radius 3 is 3.05 bits per heavy atom. The van der Waals surface area contributed by atoms with Crippen molar-refractivity contribution >= 4 is 5.91 Å². The predicted molar refractivity (Wildman–Crippen MR) is 73.3 cm³/mol. The van der Waals surface area contributed by atoms with Crippen LogP contribution in [-0.4, -0.2) is 30.8 Å². The second-order valence-corrected chi connectivity index (χ2v) is 5.15. The lowest BCUT2D eigenvalue weighted by atomic mass is 10.0. The summed E-state index contributed by atoms with van der Waals surface area (Å²) in [5.74, 6) is 0.478. The van der Waals surface area contributed by atoms with Crippen molar-refractivity contribution in [3.05, 3.63) is 29.3 Å². The summed E-state index contributed by atoms with van der Waals surface area (Å²) in [5.41, 5.74) is 1.28. The number of hydrogen-bond acceptors (Lipinski definition) is 3. The molecular weight excluding hydrogens is 242 g/mol. The summed E-state index contributed by atoms with van der Waals surface area (Å²) in [6, 6.07) is 5.08. The number of benzene rings is 1. The van der Waals surface area contributed by atoms with Gasteiger partial charge in [0.2, 0.25) is 0 Å². The smallest absolute Gasteiger partial charge is 0.255 e. The van der Waals surface area contributed by atoms with E-state index in [0.29, 0.717) is 18.0 Å². The minimum atomic E-state index is -0.208. The van der Waals surface area contributed by atoms with Crippen molar-refractivity contribution < 1.29 is 14.6 Å². The molecule has 1 atom stereocenters. The second-order valence-electron chi connectivity index (χ2n) is 5.15. The van der Waals surface area contributed by atoms with Crippen LogP contribution in [0.5, 0.6) is 5.75 Å². The van der Waals surface area contributed by atoms with Crippen LogP contribution in [0.25, 0.3) is 0 Å². The van der Waals surface area contributed by atoms with E-state index in [1.807, 2.05) is 13.0 Å². The molecule has 1 aliphatic rings. The Bertz CT molecular complexity index is 439. The number of phenols is 1. The van der Waals surface area contributed by atoms with Crippen molar-refractivity contribution in [2.45, 2.75) is 26.2 Å². The number of carbonyl (C=O) groups is 1. The van der Waals surface area contributed by atoms with E-state index in [9.17, 15) is 9.90 Å². The monoisotopic (exact) mass is 263 g/mol. The number of nitrogens with one attached hydrogen (secondary N) is 1. The molecule has 0 bridgehead atoms. The second kappa shape index (κ2) is 6.57. The number of rotatable bonds is 5. The van der Waals surface area contributed by atoms with Gasteiger partial charge in [-0.25, -0.2) is 0 Å². The number of carbonyl (C=O) groups excluding carboxylic acids is 1. The normalized spacial score (nSPS) is 18.5. The third-order valence-corrected chi connectivity index (χ3v) is 3.50. The van der Waals surface area contributed by atoms with Gasteiger partial charge in [0.25, 0.3) is 5.91 Å². The first kappa shape index (κ1) is 13.9. The van der Waals surface area contributed by atoms with Crippen LogP contribution in [0, 0.1) is 12.8 Å². The number of ether oxygens (including phenoxy) is 1. The molecule has 1 amide bonds. The highest BCUT2D eigenvalue weighted by Gasteiger charge is 2.15. The Morgan fingerprint density at radius 1 is 1.53 bits per heavy atom. The molecule has 1 heterocycles.